The SMILES string of the molecule is CN=C(NCCS(=O)(=O)N1CCSCC1)N1CCC(c2ccccc2)C1. The first-order valence-corrected chi connectivity index (χ1v) is 11.9. The first-order chi connectivity index (χ1) is 12.6. The van der Waals surface area contributed by atoms with Gasteiger partial charge in [0.25, 0.3) is 0 Å². The van der Waals surface area contributed by atoms with Gasteiger partial charge in [0.15, 0.2) is 5.96 Å². The van der Waals surface area contributed by atoms with Gasteiger partial charge in [-0.1, -0.05) is 30.3 Å². The molecule has 2 aliphatic rings. The van der Waals surface area contributed by atoms with E-state index in [1.54, 1.807) is 11.4 Å². The summed E-state index contributed by atoms with van der Waals surface area (Å²) in [5, 5.41) is 3.24. The molecule has 2 saturated heterocycles. The van der Waals surface area contributed by atoms with Gasteiger partial charge in [-0.15, -0.1) is 0 Å². The molecule has 1 aromatic carbocycles. The Morgan fingerprint density at radius 2 is 1.96 bits per heavy atom. The number of aliphatic imine (C=N–C) groups is 1. The quantitative estimate of drug-likeness (QED) is 0.603. The Morgan fingerprint density at radius 3 is 2.65 bits per heavy atom. The van der Waals surface area contributed by atoms with Crippen LogP contribution in [-0.4, -0.2) is 80.6 Å². The summed E-state index contributed by atoms with van der Waals surface area (Å²) in [6, 6.07) is 10.5. The van der Waals surface area contributed by atoms with Gasteiger partial charge in [0.1, 0.15) is 0 Å². The number of sulfonamides is 1. The highest BCUT2D eigenvalue weighted by Crippen LogP contribution is 2.26. The number of hydrogen-bond acceptors (Lipinski definition) is 4. The van der Waals surface area contributed by atoms with Gasteiger partial charge in [0.2, 0.25) is 10.0 Å². The maximum absolute atomic E-state index is 12.4. The van der Waals surface area contributed by atoms with Gasteiger partial charge in [0, 0.05) is 57.2 Å². The van der Waals surface area contributed by atoms with Crippen LogP contribution >= 0.6 is 11.8 Å². The third-order valence-electron chi connectivity index (χ3n) is 4.98. The average Bonchev–Trinajstić information content (AvgIpc) is 3.16. The number of rotatable bonds is 5. The molecule has 0 aromatic heterocycles. The van der Waals surface area contributed by atoms with Crippen molar-refractivity contribution in [3.8, 4) is 0 Å². The topological polar surface area (TPSA) is 65.0 Å². The number of guanidine groups is 1. The third kappa shape index (κ3) is 4.92. The highest BCUT2D eigenvalue weighted by atomic mass is 32.2. The van der Waals surface area contributed by atoms with Crippen molar-refractivity contribution in [2.75, 3.05) is 57.0 Å². The van der Waals surface area contributed by atoms with Crippen molar-refractivity contribution >= 4 is 27.7 Å². The van der Waals surface area contributed by atoms with E-state index in [1.807, 2.05) is 17.8 Å². The standard InChI is InChI=1S/C18H28N4O2S2/c1-19-18(20-8-14-26(23,24)22-10-12-25-13-11-22)21-9-7-17(15-21)16-5-3-2-4-6-16/h2-6,17H,7-15H2,1H3,(H,19,20). The van der Waals surface area contributed by atoms with E-state index in [2.05, 4.69) is 39.5 Å². The van der Waals surface area contributed by atoms with Crippen molar-refractivity contribution in [2.45, 2.75) is 12.3 Å². The smallest absolute Gasteiger partial charge is 0.215 e. The fourth-order valence-corrected chi connectivity index (χ4v) is 6.02. The number of nitrogens with zero attached hydrogens (tertiary/aromatic N) is 3. The van der Waals surface area contributed by atoms with Crippen molar-refractivity contribution in [1.82, 2.24) is 14.5 Å². The number of likely N-dealkylation sites (tertiary alicyclic amines) is 1. The molecule has 0 radical (unpaired) electrons. The molecule has 1 N–H and O–H groups in total. The molecule has 0 amide bonds. The summed E-state index contributed by atoms with van der Waals surface area (Å²) in [6.07, 6.45) is 1.09. The van der Waals surface area contributed by atoms with Crippen LogP contribution in [0.3, 0.4) is 0 Å². The normalized spacial score (nSPS) is 22.6. The summed E-state index contributed by atoms with van der Waals surface area (Å²) in [5.74, 6) is 3.20. The molecule has 0 bridgehead atoms. The van der Waals surface area contributed by atoms with Crippen molar-refractivity contribution < 1.29 is 8.42 Å². The molecule has 2 heterocycles. The third-order valence-corrected chi connectivity index (χ3v) is 7.79. The van der Waals surface area contributed by atoms with Crippen LogP contribution < -0.4 is 5.32 Å². The van der Waals surface area contributed by atoms with Crippen LogP contribution in [0, 0.1) is 0 Å². The Hall–Kier alpha value is -1.25. The van der Waals surface area contributed by atoms with E-state index in [-0.39, 0.29) is 5.75 Å². The largest absolute Gasteiger partial charge is 0.355 e. The van der Waals surface area contributed by atoms with Gasteiger partial charge >= 0.3 is 0 Å². The van der Waals surface area contributed by atoms with E-state index in [0.717, 1.165) is 37.0 Å². The molecule has 8 heteroatoms. The van der Waals surface area contributed by atoms with Gasteiger partial charge in [-0.3, -0.25) is 4.99 Å². The molecule has 0 aliphatic carbocycles. The van der Waals surface area contributed by atoms with E-state index < -0.39 is 10.0 Å². The predicted molar refractivity (Wildman–Crippen MR) is 109 cm³/mol. The van der Waals surface area contributed by atoms with Crippen molar-refractivity contribution in [2.24, 2.45) is 4.99 Å². The fourth-order valence-electron chi connectivity index (χ4n) is 3.53. The summed E-state index contributed by atoms with van der Waals surface area (Å²) in [4.78, 5) is 6.57. The second kappa shape index (κ2) is 9.10. The minimum absolute atomic E-state index is 0.118. The Balaban J connectivity index is 1.49. The van der Waals surface area contributed by atoms with Gasteiger partial charge in [-0.05, 0) is 12.0 Å². The van der Waals surface area contributed by atoms with E-state index in [1.165, 1.54) is 5.56 Å². The minimum Gasteiger partial charge on any atom is -0.355 e. The summed E-state index contributed by atoms with van der Waals surface area (Å²) in [7, 11) is -1.42. The Kier molecular flexibility index (Phi) is 6.83. The second-order valence-corrected chi connectivity index (χ2v) is 9.96. The number of benzene rings is 1. The lowest BCUT2D eigenvalue weighted by Gasteiger charge is -2.26. The molecule has 1 unspecified atom stereocenters. The van der Waals surface area contributed by atoms with Crippen LogP contribution in [-0.2, 0) is 10.0 Å². The van der Waals surface area contributed by atoms with Crippen molar-refractivity contribution in [3.05, 3.63) is 35.9 Å². The molecule has 0 saturated carbocycles. The Morgan fingerprint density at radius 1 is 1.23 bits per heavy atom. The molecule has 2 aliphatic heterocycles. The van der Waals surface area contributed by atoms with E-state index in [0.29, 0.717) is 25.6 Å². The monoisotopic (exact) mass is 396 g/mol. The average molecular weight is 397 g/mol. The first-order valence-electron chi connectivity index (χ1n) is 9.16. The molecule has 26 heavy (non-hydrogen) atoms. The van der Waals surface area contributed by atoms with Crippen molar-refractivity contribution in [1.29, 1.82) is 0 Å². The van der Waals surface area contributed by atoms with Crippen LogP contribution in [0.1, 0.15) is 17.9 Å². The molecular formula is C18H28N4O2S2. The highest BCUT2D eigenvalue weighted by molar-refractivity contribution is 7.99. The van der Waals surface area contributed by atoms with Crippen LogP contribution in [0.4, 0.5) is 0 Å². The Bertz CT molecular complexity index is 703. The van der Waals surface area contributed by atoms with Crippen molar-refractivity contribution in [3.63, 3.8) is 0 Å². The van der Waals surface area contributed by atoms with Gasteiger partial charge in [-0.25, -0.2) is 12.7 Å². The van der Waals surface area contributed by atoms with Gasteiger partial charge < -0.3 is 10.2 Å². The fraction of sp³-hybridized carbons (Fsp3) is 0.611. The summed E-state index contributed by atoms with van der Waals surface area (Å²) in [6.45, 7) is 3.51. The number of thioether (sulfide) groups is 1. The minimum atomic E-state index is -3.18. The second-order valence-electron chi connectivity index (χ2n) is 6.64. The van der Waals surface area contributed by atoms with Gasteiger partial charge in [0.05, 0.1) is 5.75 Å². The zero-order chi connectivity index (χ0) is 18.4. The maximum Gasteiger partial charge on any atom is 0.215 e. The van der Waals surface area contributed by atoms with E-state index in [9.17, 15) is 8.42 Å². The molecular weight excluding hydrogens is 368 g/mol. The summed E-state index contributed by atoms with van der Waals surface area (Å²) >= 11 is 1.81. The highest BCUT2D eigenvalue weighted by Gasteiger charge is 2.27. The number of hydrogen-bond donors (Lipinski definition) is 1. The maximum atomic E-state index is 12.4. The van der Waals surface area contributed by atoms with Crippen LogP contribution in [0.25, 0.3) is 0 Å². The van der Waals surface area contributed by atoms with Crippen LogP contribution in [0.15, 0.2) is 35.3 Å². The van der Waals surface area contributed by atoms with E-state index >= 15 is 0 Å². The Labute approximate surface area is 161 Å². The van der Waals surface area contributed by atoms with Crippen LogP contribution in [0.2, 0.25) is 0 Å². The lowest BCUT2D eigenvalue weighted by atomic mass is 9.99. The zero-order valence-corrected chi connectivity index (χ0v) is 16.9. The molecule has 0 spiro atoms. The first kappa shape index (κ1) is 19.5. The predicted octanol–water partition coefficient (Wildman–Crippen LogP) is 1.43. The lowest BCUT2D eigenvalue weighted by Crippen LogP contribution is -2.45. The number of nitrogens with one attached hydrogen (secondary N) is 1. The molecule has 6 nitrogen and oxygen atoms in total. The van der Waals surface area contributed by atoms with Crippen LogP contribution in [0.5, 0.6) is 0 Å². The molecule has 144 valence electrons. The lowest BCUT2D eigenvalue weighted by molar-refractivity contribution is 0.442. The summed E-state index contributed by atoms with van der Waals surface area (Å²) < 4.78 is 26.5. The van der Waals surface area contributed by atoms with E-state index in [4.69, 9.17) is 0 Å². The zero-order valence-electron chi connectivity index (χ0n) is 15.3. The summed E-state index contributed by atoms with van der Waals surface area (Å²) in [5.41, 5.74) is 1.36. The van der Waals surface area contributed by atoms with Gasteiger partial charge in [-0.2, -0.15) is 11.8 Å². The molecule has 3 rings (SSSR count). The molecule has 2 fully saturated rings. The molecule has 1 aromatic rings. The molecule has 1 atom stereocenters.